The van der Waals surface area contributed by atoms with Crippen LogP contribution in [0, 0.1) is 11.8 Å². The van der Waals surface area contributed by atoms with Crippen LogP contribution in [0.25, 0.3) is 0 Å². The summed E-state index contributed by atoms with van der Waals surface area (Å²) in [5.41, 5.74) is 0. The van der Waals surface area contributed by atoms with Crippen LogP contribution in [0.15, 0.2) is 0 Å². The molecule has 1 heteroatoms. The molecule has 76 valence electrons. The third kappa shape index (κ3) is 1.90. The van der Waals surface area contributed by atoms with E-state index in [1.165, 1.54) is 45.1 Å². The lowest BCUT2D eigenvalue weighted by molar-refractivity contribution is 0.196. The summed E-state index contributed by atoms with van der Waals surface area (Å²) >= 11 is 0. The van der Waals surface area contributed by atoms with E-state index >= 15 is 0 Å². The SMILES string of the molecule is CC1[C@@H](C2CCCCC2)CCN1C. The fourth-order valence-corrected chi connectivity index (χ4v) is 3.32. The summed E-state index contributed by atoms with van der Waals surface area (Å²) in [7, 11) is 2.29. The lowest BCUT2D eigenvalue weighted by Crippen LogP contribution is -2.30. The monoisotopic (exact) mass is 181 g/mol. The van der Waals surface area contributed by atoms with Gasteiger partial charge >= 0.3 is 0 Å². The van der Waals surface area contributed by atoms with Gasteiger partial charge in [-0.15, -0.1) is 0 Å². The second-order valence-corrected chi connectivity index (χ2v) is 5.07. The van der Waals surface area contributed by atoms with E-state index in [-0.39, 0.29) is 0 Å². The lowest BCUT2D eigenvalue weighted by atomic mass is 9.77. The molecular formula is C12H23N. The van der Waals surface area contributed by atoms with Crippen LogP contribution in [0.5, 0.6) is 0 Å². The van der Waals surface area contributed by atoms with Crippen molar-refractivity contribution in [2.45, 2.75) is 51.5 Å². The highest BCUT2D eigenvalue weighted by Crippen LogP contribution is 2.37. The highest BCUT2D eigenvalue weighted by Gasteiger charge is 2.34. The summed E-state index contributed by atoms with van der Waals surface area (Å²) in [5.74, 6) is 2.08. The highest BCUT2D eigenvalue weighted by atomic mass is 15.1. The Morgan fingerprint density at radius 2 is 1.69 bits per heavy atom. The number of likely N-dealkylation sites (tertiary alicyclic amines) is 1. The van der Waals surface area contributed by atoms with E-state index in [1.807, 2.05) is 0 Å². The standard InChI is InChI=1S/C12H23N/c1-10-12(8-9-13(10)2)11-6-4-3-5-7-11/h10-12H,3-9H2,1-2H3/t10?,12-/m0/s1. The number of hydrogen-bond acceptors (Lipinski definition) is 1. The van der Waals surface area contributed by atoms with E-state index in [9.17, 15) is 0 Å². The van der Waals surface area contributed by atoms with Crippen molar-refractivity contribution in [1.29, 1.82) is 0 Å². The average molecular weight is 181 g/mol. The second kappa shape index (κ2) is 4.00. The maximum absolute atomic E-state index is 2.54. The molecule has 2 atom stereocenters. The molecule has 1 aliphatic carbocycles. The number of nitrogens with zero attached hydrogens (tertiary/aromatic N) is 1. The van der Waals surface area contributed by atoms with Gasteiger partial charge in [0.25, 0.3) is 0 Å². The minimum Gasteiger partial charge on any atom is -0.303 e. The van der Waals surface area contributed by atoms with Gasteiger partial charge in [0.15, 0.2) is 0 Å². The second-order valence-electron chi connectivity index (χ2n) is 5.07. The zero-order chi connectivity index (χ0) is 9.26. The van der Waals surface area contributed by atoms with E-state index in [4.69, 9.17) is 0 Å². The third-order valence-electron chi connectivity index (χ3n) is 4.39. The van der Waals surface area contributed by atoms with E-state index in [2.05, 4.69) is 18.9 Å². The van der Waals surface area contributed by atoms with E-state index in [0.29, 0.717) is 0 Å². The van der Waals surface area contributed by atoms with Crippen molar-refractivity contribution in [3.05, 3.63) is 0 Å². The van der Waals surface area contributed by atoms with E-state index in [1.54, 1.807) is 0 Å². The first-order valence-corrected chi connectivity index (χ1v) is 5.99. The summed E-state index contributed by atoms with van der Waals surface area (Å²) < 4.78 is 0. The van der Waals surface area contributed by atoms with Crippen LogP contribution in [0.2, 0.25) is 0 Å². The Bertz CT molecular complexity index is 161. The van der Waals surface area contributed by atoms with Gasteiger partial charge in [-0.25, -0.2) is 0 Å². The van der Waals surface area contributed by atoms with Gasteiger partial charge in [-0.05, 0) is 38.8 Å². The Kier molecular flexibility index (Phi) is 2.92. The van der Waals surface area contributed by atoms with Crippen molar-refractivity contribution in [3.63, 3.8) is 0 Å². The molecule has 0 radical (unpaired) electrons. The minimum atomic E-state index is 0.850. The molecule has 0 aromatic heterocycles. The Labute approximate surface area is 82.5 Å². The van der Waals surface area contributed by atoms with Crippen LogP contribution in [0.4, 0.5) is 0 Å². The molecule has 2 rings (SSSR count). The fraction of sp³-hybridized carbons (Fsp3) is 1.00. The molecule has 1 nitrogen and oxygen atoms in total. The predicted molar refractivity (Wildman–Crippen MR) is 56.8 cm³/mol. The Morgan fingerprint density at radius 3 is 2.23 bits per heavy atom. The van der Waals surface area contributed by atoms with Crippen molar-refractivity contribution in [1.82, 2.24) is 4.90 Å². The molecule has 2 fully saturated rings. The summed E-state index contributed by atoms with van der Waals surface area (Å²) in [6, 6.07) is 0.850. The molecule has 0 spiro atoms. The quantitative estimate of drug-likeness (QED) is 0.601. The van der Waals surface area contributed by atoms with E-state index < -0.39 is 0 Å². The Hall–Kier alpha value is -0.0400. The molecule has 0 aromatic carbocycles. The number of hydrogen-bond donors (Lipinski definition) is 0. The smallest absolute Gasteiger partial charge is 0.00952 e. The fourth-order valence-electron chi connectivity index (χ4n) is 3.32. The maximum atomic E-state index is 2.54. The third-order valence-corrected chi connectivity index (χ3v) is 4.39. The molecule has 1 saturated heterocycles. The lowest BCUT2D eigenvalue weighted by Gasteiger charge is -2.31. The topological polar surface area (TPSA) is 3.24 Å². The molecule has 1 heterocycles. The van der Waals surface area contributed by atoms with Crippen molar-refractivity contribution < 1.29 is 0 Å². The van der Waals surface area contributed by atoms with Gasteiger partial charge in [0.2, 0.25) is 0 Å². The molecule has 1 saturated carbocycles. The van der Waals surface area contributed by atoms with Crippen molar-refractivity contribution in [2.75, 3.05) is 13.6 Å². The van der Waals surface area contributed by atoms with Crippen LogP contribution in [-0.4, -0.2) is 24.5 Å². The molecule has 1 unspecified atom stereocenters. The van der Waals surface area contributed by atoms with Gasteiger partial charge in [-0.1, -0.05) is 32.1 Å². The zero-order valence-electron chi connectivity index (χ0n) is 9.13. The Balaban J connectivity index is 1.92. The van der Waals surface area contributed by atoms with Gasteiger partial charge < -0.3 is 4.90 Å². The molecule has 0 aromatic rings. The van der Waals surface area contributed by atoms with Gasteiger partial charge in [0.05, 0.1) is 0 Å². The highest BCUT2D eigenvalue weighted by molar-refractivity contribution is 4.87. The predicted octanol–water partition coefficient (Wildman–Crippen LogP) is 2.91. The first kappa shape index (κ1) is 9.51. The first-order chi connectivity index (χ1) is 6.29. The maximum Gasteiger partial charge on any atom is 0.00952 e. The average Bonchev–Trinajstić information content (AvgIpc) is 2.49. The van der Waals surface area contributed by atoms with Crippen LogP contribution < -0.4 is 0 Å². The van der Waals surface area contributed by atoms with Gasteiger partial charge in [0, 0.05) is 6.04 Å². The summed E-state index contributed by atoms with van der Waals surface area (Å²) in [5, 5.41) is 0. The normalized spacial score (nSPS) is 38.3. The van der Waals surface area contributed by atoms with Crippen molar-refractivity contribution in [2.24, 2.45) is 11.8 Å². The van der Waals surface area contributed by atoms with Gasteiger partial charge in [-0.2, -0.15) is 0 Å². The minimum absolute atomic E-state index is 0.850. The molecule has 2 aliphatic rings. The molecule has 1 aliphatic heterocycles. The summed E-state index contributed by atoms with van der Waals surface area (Å²) in [4.78, 5) is 2.54. The zero-order valence-corrected chi connectivity index (χ0v) is 9.13. The largest absolute Gasteiger partial charge is 0.303 e. The molecule has 0 N–H and O–H groups in total. The molecular weight excluding hydrogens is 158 g/mol. The van der Waals surface area contributed by atoms with Gasteiger partial charge in [-0.3, -0.25) is 0 Å². The first-order valence-electron chi connectivity index (χ1n) is 5.99. The molecule has 13 heavy (non-hydrogen) atoms. The van der Waals surface area contributed by atoms with Gasteiger partial charge in [0.1, 0.15) is 0 Å². The van der Waals surface area contributed by atoms with Crippen molar-refractivity contribution in [3.8, 4) is 0 Å². The molecule has 0 amide bonds. The molecule has 0 bridgehead atoms. The van der Waals surface area contributed by atoms with Crippen LogP contribution in [-0.2, 0) is 0 Å². The van der Waals surface area contributed by atoms with Crippen LogP contribution in [0.1, 0.15) is 45.4 Å². The van der Waals surface area contributed by atoms with E-state index in [0.717, 1.165) is 17.9 Å². The number of rotatable bonds is 1. The van der Waals surface area contributed by atoms with Crippen molar-refractivity contribution >= 4 is 0 Å². The summed E-state index contributed by atoms with van der Waals surface area (Å²) in [6.07, 6.45) is 8.98. The Morgan fingerprint density at radius 1 is 1.00 bits per heavy atom. The summed E-state index contributed by atoms with van der Waals surface area (Å²) in [6.45, 7) is 3.76. The van der Waals surface area contributed by atoms with Crippen LogP contribution in [0.3, 0.4) is 0 Å². The van der Waals surface area contributed by atoms with Crippen LogP contribution >= 0.6 is 0 Å².